The lowest BCUT2D eigenvalue weighted by Gasteiger charge is -2.20. The first-order valence-electron chi connectivity index (χ1n) is 17.4. The molecule has 0 saturated carbocycles. The quantitative estimate of drug-likeness (QED) is 0.0593. The zero-order chi connectivity index (χ0) is 28.7. The minimum atomic E-state index is -0.831. The molecule has 4 heteroatoms. The van der Waals surface area contributed by atoms with Crippen LogP contribution in [0, 0.1) is 0 Å². The summed E-state index contributed by atoms with van der Waals surface area (Å²) in [6.07, 6.45) is 37.2. The Kier molecular flexibility index (Phi) is 30.9. The van der Waals surface area contributed by atoms with E-state index in [4.69, 9.17) is 0 Å². The van der Waals surface area contributed by atoms with Crippen molar-refractivity contribution in [1.29, 1.82) is 0 Å². The van der Waals surface area contributed by atoms with Crippen molar-refractivity contribution in [3.8, 4) is 0 Å². The SMILES string of the molecule is CCCCCCCCCCCCCCCC/C=C/C(O)C(CO)NC(=O)CCCCCCCCCCCCC. The highest BCUT2D eigenvalue weighted by atomic mass is 16.3. The molecule has 0 heterocycles. The number of hydrogen-bond acceptors (Lipinski definition) is 3. The first kappa shape index (κ1) is 38.1. The molecule has 0 aliphatic rings. The van der Waals surface area contributed by atoms with Crippen LogP contribution in [0.1, 0.15) is 187 Å². The predicted octanol–water partition coefficient (Wildman–Crippen LogP) is 9.95. The smallest absolute Gasteiger partial charge is 0.220 e. The molecule has 2 unspecified atom stereocenters. The fraction of sp³-hybridized carbons (Fsp3) is 0.914. The molecule has 0 rings (SSSR count). The Balaban J connectivity index is 3.61. The van der Waals surface area contributed by atoms with E-state index >= 15 is 0 Å². The summed E-state index contributed by atoms with van der Waals surface area (Å²) in [4.78, 5) is 12.2. The summed E-state index contributed by atoms with van der Waals surface area (Å²) in [5.74, 6) is -0.0654. The summed E-state index contributed by atoms with van der Waals surface area (Å²) in [7, 11) is 0. The molecule has 0 aliphatic carbocycles. The number of carbonyl (C=O) groups excluding carboxylic acids is 1. The Bertz CT molecular complexity index is 522. The van der Waals surface area contributed by atoms with Crippen molar-refractivity contribution in [3.63, 3.8) is 0 Å². The maximum absolute atomic E-state index is 12.2. The number of rotatable bonds is 31. The van der Waals surface area contributed by atoms with E-state index in [1.165, 1.54) is 141 Å². The van der Waals surface area contributed by atoms with Crippen LogP contribution >= 0.6 is 0 Å². The van der Waals surface area contributed by atoms with Crippen molar-refractivity contribution in [1.82, 2.24) is 5.32 Å². The highest BCUT2D eigenvalue weighted by Gasteiger charge is 2.17. The van der Waals surface area contributed by atoms with Gasteiger partial charge in [-0.05, 0) is 19.3 Å². The third-order valence-electron chi connectivity index (χ3n) is 8.02. The van der Waals surface area contributed by atoms with Gasteiger partial charge in [-0.1, -0.05) is 174 Å². The van der Waals surface area contributed by atoms with Crippen LogP contribution in [0.25, 0.3) is 0 Å². The monoisotopic (exact) mass is 552 g/mol. The van der Waals surface area contributed by atoms with Crippen LogP contribution in [0.4, 0.5) is 0 Å². The van der Waals surface area contributed by atoms with E-state index in [9.17, 15) is 15.0 Å². The van der Waals surface area contributed by atoms with Crippen molar-refractivity contribution in [2.24, 2.45) is 0 Å². The molecule has 0 spiro atoms. The van der Waals surface area contributed by atoms with Crippen molar-refractivity contribution in [3.05, 3.63) is 12.2 Å². The van der Waals surface area contributed by atoms with Gasteiger partial charge in [0.2, 0.25) is 5.91 Å². The summed E-state index contributed by atoms with van der Waals surface area (Å²) in [5.41, 5.74) is 0. The van der Waals surface area contributed by atoms with Gasteiger partial charge in [0, 0.05) is 6.42 Å². The van der Waals surface area contributed by atoms with Gasteiger partial charge in [0.15, 0.2) is 0 Å². The molecule has 4 nitrogen and oxygen atoms in total. The largest absolute Gasteiger partial charge is 0.394 e. The summed E-state index contributed by atoms with van der Waals surface area (Å²) in [6, 6.07) is -0.613. The van der Waals surface area contributed by atoms with E-state index < -0.39 is 12.1 Å². The number of allylic oxidation sites excluding steroid dienone is 1. The van der Waals surface area contributed by atoms with Gasteiger partial charge in [0.1, 0.15) is 0 Å². The minimum absolute atomic E-state index is 0.0654. The summed E-state index contributed by atoms with van der Waals surface area (Å²) >= 11 is 0. The second-order valence-corrected chi connectivity index (χ2v) is 11.9. The average Bonchev–Trinajstić information content (AvgIpc) is 2.94. The molecule has 39 heavy (non-hydrogen) atoms. The molecule has 2 atom stereocenters. The molecule has 0 aliphatic heterocycles. The Hall–Kier alpha value is -0.870. The lowest BCUT2D eigenvalue weighted by atomic mass is 10.0. The Labute approximate surface area is 244 Å². The van der Waals surface area contributed by atoms with Crippen molar-refractivity contribution in [2.45, 2.75) is 199 Å². The van der Waals surface area contributed by atoms with Gasteiger partial charge in [0.05, 0.1) is 18.8 Å². The Morgan fingerprint density at radius 3 is 1.33 bits per heavy atom. The number of carbonyl (C=O) groups is 1. The van der Waals surface area contributed by atoms with Crippen molar-refractivity contribution >= 4 is 5.91 Å². The van der Waals surface area contributed by atoms with Crippen LogP contribution in [-0.2, 0) is 4.79 Å². The highest BCUT2D eigenvalue weighted by molar-refractivity contribution is 5.76. The molecule has 0 bridgehead atoms. The van der Waals surface area contributed by atoms with Gasteiger partial charge in [-0.2, -0.15) is 0 Å². The summed E-state index contributed by atoms with van der Waals surface area (Å²) in [5, 5.41) is 22.8. The third kappa shape index (κ3) is 28.5. The summed E-state index contributed by atoms with van der Waals surface area (Å²) in [6.45, 7) is 4.29. The standard InChI is InChI=1S/C35H69NO3/c1-3-5-7-9-11-13-15-16-17-18-19-21-22-24-26-28-30-34(38)33(32-37)36-35(39)31-29-27-25-23-20-14-12-10-8-6-4-2/h28,30,33-34,37-38H,3-27,29,31-32H2,1-2H3,(H,36,39)/b30-28+. The maximum atomic E-state index is 12.2. The van der Waals surface area contributed by atoms with Gasteiger partial charge in [-0.25, -0.2) is 0 Å². The molecular weight excluding hydrogens is 482 g/mol. The lowest BCUT2D eigenvalue weighted by Crippen LogP contribution is -2.45. The molecule has 0 aromatic rings. The van der Waals surface area contributed by atoms with Crippen LogP contribution in [0.3, 0.4) is 0 Å². The van der Waals surface area contributed by atoms with Crippen molar-refractivity contribution < 1.29 is 15.0 Å². The van der Waals surface area contributed by atoms with Crippen LogP contribution in [0.15, 0.2) is 12.2 Å². The number of aliphatic hydroxyl groups is 2. The lowest BCUT2D eigenvalue weighted by molar-refractivity contribution is -0.123. The molecule has 0 saturated heterocycles. The van der Waals surface area contributed by atoms with Crippen LogP contribution < -0.4 is 5.32 Å². The molecule has 0 radical (unpaired) electrons. The first-order valence-corrected chi connectivity index (χ1v) is 17.4. The van der Waals surface area contributed by atoms with E-state index in [2.05, 4.69) is 19.2 Å². The molecule has 0 aromatic carbocycles. The fourth-order valence-corrected chi connectivity index (χ4v) is 5.29. The topological polar surface area (TPSA) is 69.6 Å². The normalized spacial score (nSPS) is 13.2. The minimum Gasteiger partial charge on any atom is -0.394 e. The van der Waals surface area contributed by atoms with E-state index in [-0.39, 0.29) is 12.5 Å². The zero-order valence-corrected chi connectivity index (χ0v) is 26.4. The zero-order valence-electron chi connectivity index (χ0n) is 26.4. The van der Waals surface area contributed by atoms with Crippen LogP contribution in [0.5, 0.6) is 0 Å². The van der Waals surface area contributed by atoms with E-state index in [0.717, 1.165) is 25.7 Å². The average molecular weight is 552 g/mol. The predicted molar refractivity (Wildman–Crippen MR) is 170 cm³/mol. The van der Waals surface area contributed by atoms with Crippen molar-refractivity contribution in [2.75, 3.05) is 6.61 Å². The first-order chi connectivity index (χ1) is 19.2. The second-order valence-electron chi connectivity index (χ2n) is 11.9. The Morgan fingerprint density at radius 2 is 0.949 bits per heavy atom. The maximum Gasteiger partial charge on any atom is 0.220 e. The molecular formula is C35H69NO3. The van der Waals surface area contributed by atoms with E-state index in [1.54, 1.807) is 6.08 Å². The number of amides is 1. The molecule has 232 valence electrons. The highest BCUT2D eigenvalue weighted by Crippen LogP contribution is 2.14. The molecule has 1 amide bonds. The number of unbranched alkanes of at least 4 members (excludes halogenated alkanes) is 24. The van der Waals surface area contributed by atoms with Gasteiger partial charge >= 0.3 is 0 Å². The second kappa shape index (κ2) is 31.7. The number of nitrogens with one attached hydrogen (secondary N) is 1. The van der Waals surface area contributed by atoms with E-state index in [1.807, 2.05) is 6.08 Å². The van der Waals surface area contributed by atoms with E-state index in [0.29, 0.717) is 6.42 Å². The van der Waals surface area contributed by atoms with Gasteiger partial charge in [-0.3, -0.25) is 4.79 Å². The number of aliphatic hydroxyl groups excluding tert-OH is 2. The third-order valence-corrected chi connectivity index (χ3v) is 8.02. The number of hydrogen-bond donors (Lipinski definition) is 3. The van der Waals surface area contributed by atoms with Gasteiger partial charge in [0.25, 0.3) is 0 Å². The fourth-order valence-electron chi connectivity index (χ4n) is 5.29. The van der Waals surface area contributed by atoms with Crippen LogP contribution in [-0.4, -0.2) is 34.9 Å². The molecule has 0 fully saturated rings. The summed E-state index contributed by atoms with van der Waals surface area (Å²) < 4.78 is 0. The Morgan fingerprint density at radius 1 is 0.590 bits per heavy atom. The van der Waals surface area contributed by atoms with Gasteiger partial charge in [-0.15, -0.1) is 0 Å². The van der Waals surface area contributed by atoms with Crippen LogP contribution in [0.2, 0.25) is 0 Å². The molecule has 0 aromatic heterocycles. The van der Waals surface area contributed by atoms with Gasteiger partial charge < -0.3 is 15.5 Å². The molecule has 3 N–H and O–H groups in total.